The summed E-state index contributed by atoms with van der Waals surface area (Å²) in [7, 11) is -3.75. The molecule has 0 bridgehead atoms. The number of fused-ring (bicyclic) bond motifs is 1. The first-order chi connectivity index (χ1) is 14.8. The van der Waals surface area contributed by atoms with Crippen molar-refractivity contribution in [3.8, 4) is 0 Å². The molecule has 4 aromatic rings. The van der Waals surface area contributed by atoms with E-state index in [2.05, 4.69) is 36.5 Å². The number of aliphatic hydroxyl groups excluding tert-OH is 1. The molecule has 1 atom stereocenters. The number of aliphatic hydroxyl groups is 1. The maximum Gasteiger partial charge on any atom is 0.238 e. The van der Waals surface area contributed by atoms with Gasteiger partial charge in [0.25, 0.3) is 0 Å². The number of H-pyrrole nitrogens is 1. The third-order valence-corrected chi connectivity index (χ3v) is 6.31. The second-order valence-electron chi connectivity index (χ2n) is 6.95. The summed E-state index contributed by atoms with van der Waals surface area (Å²) in [6.45, 7) is 0.437. The first-order valence-electron chi connectivity index (χ1n) is 9.33. The fourth-order valence-corrected chi connectivity index (χ4v) is 4.22. The number of halogens is 1. The van der Waals surface area contributed by atoms with Gasteiger partial charge >= 0.3 is 0 Å². The maximum absolute atomic E-state index is 11.5. The van der Waals surface area contributed by atoms with Crippen molar-refractivity contribution in [3.63, 3.8) is 0 Å². The van der Waals surface area contributed by atoms with Crippen LogP contribution in [-0.2, 0) is 16.6 Å². The Bertz CT molecular complexity index is 1340. The number of sulfonamides is 1. The van der Waals surface area contributed by atoms with Crippen LogP contribution in [0.1, 0.15) is 17.5 Å². The van der Waals surface area contributed by atoms with Gasteiger partial charge in [-0.3, -0.25) is 0 Å². The quantitative estimate of drug-likeness (QED) is 0.245. The van der Waals surface area contributed by atoms with Crippen molar-refractivity contribution in [2.24, 2.45) is 5.14 Å². The fourth-order valence-electron chi connectivity index (χ4n) is 3.16. The average Bonchev–Trinajstić information content (AvgIpc) is 3.14. The van der Waals surface area contributed by atoms with Gasteiger partial charge in [-0.25, -0.2) is 18.5 Å². The predicted octanol–water partition coefficient (Wildman–Crippen LogP) is 3.69. The standard InChI is InChI=1S/C21H20BrN5O3S/c22-19-7-2-1-6-18(19)21(28)27-16-9-13-8-15(26-20(13)25-12-16)11-24-14-4-3-5-17(10-14)31(23,29)30/h1-10,12,21,24,27-28H,11H2,(H,25,26)(H2,23,29,30). The number of pyridine rings is 1. The van der Waals surface area contributed by atoms with Gasteiger partial charge in [0, 0.05) is 26.8 Å². The number of primary sulfonamides is 1. The molecule has 0 saturated carbocycles. The topological polar surface area (TPSA) is 133 Å². The van der Waals surface area contributed by atoms with Crippen molar-refractivity contribution >= 4 is 48.4 Å². The molecule has 0 radical (unpaired) electrons. The molecule has 1 unspecified atom stereocenters. The van der Waals surface area contributed by atoms with Crippen LogP contribution in [0.4, 0.5) is 11.4 Å². The first kappa shape index (κ1) is 21.3. The molecule has 2 aromatic carbocycles. The SMILES string of the molecule is NS(=O)(=O)c1cccc(NCc2cc3cc(NC(O)c4ccccc4Br)cnc3[nH]2)c1. The molecule has 0 aliphatic rings. The van der Waals surface area contributed by atoms with Crippen LogP contribution >= 0.6 is 15.9 Å². The Morgan fingerprint density at radius 2 is 1.90 bits per heavy atom. The van der Waals surface area contributed by atoms with Crippen molar-refractivity contribution in [1.82, 2.24) is 9.97 Å². The van der Waals surface area contributed by atoms with Gasteiger partial charge in [-0.1, -0.05) is 40.2 Å². The molecule has 31 heavy (non-hydrogen) atoms. The first-order valence-corrected chi connectivity index (χ1v) is 11.7. The smallest absolute Gasteiger partial charge is 0.238 e. The highest BCUT2D eigenvalue weighted by molar-refractivity contribution is 9.10. The van der Waals surface area contributed by atoms with Crippen LogP contribution in [-0.4, -0.2) is 23.5 Å². The molecule has 0 aliphatic carbocycles. The highest BCUT2D eigenvalue weighted by atomic mass is 79.9. The molecular weight excluding hydrogens is 482 g/mol. The van der Waals surface area contributed by atoms with Crippen molar-refractivity contribution in [2.75, 3.05) is 10.6 Å². The third-order valence-electron chi connectivity index (χ3n) is 4.67. The molecule has 0 aliphatic heterocycles. The van der Waals surface area contributed by atoms with E-state index in [4.69, 9.17) is 5.14 Å². The Balaban J connectivity index is 1.47. The molecule has 2 aromatic heterocycles. The molecule has 4 rings (SSSR count). The molecule has 0 amide bonds. The van der Waals surface area contributed by atoms with Crippen LogP contribution in [0.5, 0.6) is 0 Å². The Kier molecular flexibility index (Phi) is 5.96. The van der Waals surface area contributed by atoms with Gasteiger partial charge in [-0.15, -0.1) is 0 Å². The summed E-state index contributed by atoms with van der Waals surface area (Å²) in [4.78, 5) is 7.68. The fraction of sp³-hybridized carbons (Fsp3) is 0.0952. The van der Waals surface area contributed by atoms with Gasteiger partial charge in [0.1, 0.15) is 5.65 Å². The van der Waals surface area contributed by atoms with Gasteiger partial charge in [-0.2, -0.15) is 0 Å². The molecule has 6 N–H and O–H groups in total. The van der Waals surface area contributed by atoms with Crippen LogP contribution in [0, 0.1) is 0 Å². The largest absolute Gasteiger partial charge is 0.379 e. The van der Waals surface area contributed by atoms with Gasteiger partial charge in [0.15, 0.2) is 6.23 Å². The minimum absolute atomic E-state index is 0.0511. The molecule has 2 heterocycles. The summed E-state index contributed by atoms with van der Waals surface area (Å²) in [5.41, 5.74) is 3.61. The number of nitrogens with zero attached hydrogens (tertiary/aromatic N) is 1. The van der Waals surface area contributed by atoms with Crippen LogP contribution < -0.4 is 15.8 Å². The van der Waals surface area contributed by atoms with Crippen LogP contribution in [0.25, 0.3) is 11.0 Å². The summed E-state index contributed by atoms with van der Waals surface area (Å²) in [6, 6.07) is 17.6. The number of benzene rings is 2. The predicted molar refractivity (Wildman–Crippen MR) is 124 cm³/mol. The molecular formula is C21H20BrN5O3S. The van der Waals surface area contributed by atoms with E-state index in [1.54, 1.807) is 18.3 Å². The number of hydrogen-bond donors (Lipinski definition) is 5. The highest BCUT2D eigenvalue weighted by Gasteiger charge is 2.12. The van der Waals surface area contributed by atoms with Gasteiger partial charge in [0.05, 0.1) is 23.3 Å². The van der Waals surface area contributed by atoms with Crippen molar-refractivity contribution in [3.05, 3.63) is 82.6 Å². The molecule has 8 nitrogen and oxygen atoms in total. The van der Waals surface area contributed by atoms with Crippen molar-refractivity contribution < 1.29 is 13.5 Å². The lowest BCUT2D eigenvalue weighted by atomic mass is 10.2. The number of nitrogens with two attached hydrogens (primary N) is 1. The van der Waals surface area contributed by atoms with E-state index in [9.17, 15) is 13.5 Å². The number of aromatic nitrogens is 2. The molecule has 10 heteroatoms. The number of anilines is 2. The summed E-state index contributed by atoms with van der Waals surface area (Å²) >= 11 is 3.44. The van der Waals surface area contributed by atoms with E-state index in [1.165, 1.54) is 12.1 Å². The zero-order valence-corrected chi connectivity index (χ0v) is 18.6. The van der Waals surface area contributed by atoms with E-state index < -0.39 is 16.3 Å². The highest BCUT2D eigenvalue weighted by Crippen LogP contribution is 2.26. The van der Waals surface area contributed by atoms with Crippen molar-refractivity contribution in [1.29, 1.82) is 0 Å². The van der Waals surface area contributed by atoms with Crippen LogP contribution in [0.15, 0.2) is 76.2 Å². The average molecular weight is 502 g/mol. The Morgan fingerprint density at radius 3 is 2.68 bits per heavy atom. The molecule has 0 spiro atoms. The minimum Gasteiger partial charge on any atom is -0.379 e. The maximum atomic E-state index is 11.5. The number of hydrogen-bond acceptors (Lipinski definition) is 6. The Hall–Kier alpha value is -2.92. The third kappa shape index (κ3) is 5.05. The van der Waals surface area contributed by atoms with Gasteiger partial charge < -0.3 is 20.7 Å². The summed E-state index contributed by atoms with van der Waals surface area (Å²) in [5.74, 6) is 0. The summed E-state index contributed by atoms with van der Waals surface area (Å²) in [5, 5.41) is 22.8. The van der Waals surface area contributed by atoms with E-state index in [1.807, 2.05) is 36.4 Å². The Labute approximate surface area is 187 Å². The monoisotopic (exact) mass is 501 g/mol. The van der Waals surface area contributed by atoms with Gasteiger partial charge in [-0.05, 0) is 36.4 Å². The number of nitrogens with one attached hydrogen (secondary N) is 3. The van der Waals surface area contributed by atoms with Crippen LogP contribution in [0.2, 0.25) is 0 Å². The van der Waals surface area contributed by atoms with E-state index in [0.717, 1.165) is 21.1 Å². The number of aromatic amines is 1. The summed E-state index contributed by atoms with van der Waals surface area (Å²) in [6.07, 6.45) is 0.757. The van der Waals surface area contributed by atoms with Crippen LogP contribution in [0.3, 0.4) is 0 Å². The zero-order valence-electron chi connectivity index (χ0n) is 16.2. The molecule has 160 valence electrons. The van der Waals surface area contributed by atoms with Crippen molar-refractivity contribution in [2.45, 2.75) is 17.7 Å². The lowest BCUT2D eigenvalue weighted by Crippen LogP contribution is -2.12. The second kappa shape index (κ2) is 8.67. The summed E-state index contributed by atoms with van der Waals surface area (Å²) < 4.78 is 23.8. The molecule has 0 saturated heterocycles. The second-order valence-corrected chi connectivity index (χ2v) is 9.37. The minimum atomic E-state index is -3.75. The lowest BCUT2D eigenvalue weighted by molar-refractivity contribution is 0.207. The van der Waals surface area contributed by atoms with Gasteiger partial charge in [0.2, 0.25) is 10.0 Å². The molecule has 0 fully saturated rings. The van der Waals surface area contributed by atoms with E-state index in [0.29, 0.717) is 23.6 Å². The normalized spacial score (nSPS) is 12.6. The van der Waals surface area contributed by atoms with E-state index >= 15 is 0 Å². The zero-order chi connectivity index (χ0) is 22.0. The lowest BCUT2D eigenvalue weighted by Gasteiger charge is -2.15. The number of rotatable bonds is 7. The Morgan fingerprint density at radius 1 is 1.10 bits per heavy atom. The van der Waals surface area contributed by atoms with E-state index in [-0.39, 0.29) is 4.90 Å².